The molecular weight excluding hydrogens is 276 g/mol. The van der Waals surface area contributed by atoms with E-state index in [1.807, 2.05) is 0 Å². The predicted octanol–water partition coefficient (Wildman–Crippen LogP) is 1.95. The second kappa shape index (κ2) is 6.28. The van der Waals surface area contributed by atoms with Gasteiger partial charge in [-0.15, -0.1) is 0 Å². The van der Waals surface area contributed by atoms with Crippen LogP contribution in [0.15, 0.2) is 17.2 Å². The SMILES string of the molecule is CC(C)C1CCCN(S(=O)(=O)c2c[nH]c(CO)c2)CC1. The zero-order valence-corrected chi connectivity index (χ0v) is 13.0. The Morgan fingerprint density at radius 1 is 1.40 bits per heavy atom. The molecular formula is C14H24N2O3S. The maximum atomic E-state index is 12.6. The van der Waals surface area contributed by atoms with Crippen molar-refractivity contribution in [2.75, 3.05) is 13.1 Å². The molecule has 0 radical (unpaired) electrons. The van der Waals surface area contributed by atoms with Crippen molar-refractivity contribution < 1.29 is 13.5 Å². The van der Waals surface area contributed by atoms with Crippen molar-refractivity contribution >= 4 is 10.0 Å². The standard InChI is InChI=1S/C14H24N2O3S/c1-11(2)12-4-3-6-16(7-5-12)20(18,19)14-8-13(10-17)15-9-14/h8-9,11-12,15,17H,3-7,10H2,1-2H3. The Bertz CT molecular complexity index is 536. The van der Waals surface area contributed by atoms with Gasteiger partial charge in [0, 0.05) is 25.0 Å². The third-order valence-electron chi connectivity index (χ3n) is 4.20. The van der Waals surface area contributed by atoms with Gasteiger partial charge in [0.1, 0.15) is 0 Å². The number of rotatable bonds is 4. The average Bonchev–Trinajstić information content (AvgIpc) is 2.75. The van der Waals surface area contributed by atoms with E-state index in [4.69, 9.17) is 5.11 Å². The van der Waals surface area contributed by atoms with Crippen molar-refractivity contribution in [2.24, 2.45) is 11.8 Å². The van der Waals surface area contributed by atoms with E-state index in [0.29, 0.717) is 30.6 Å². The number of aromatic amines is 1. The van der Waals surface area contributed by atoms with E-state index in [1.165, 1.54) is 12.3 Å². The summed E-state index contributed by atoms with van der Waals surface area (Å²) in [5.41, 5.74) is 0.526. The maximum Gasteiger partial charge on any atom is 0.244 e. The molecule has 1 atom stereocenters. The summed E-state index contributed by atoms with van der Waals surface area (Å²) in [7, 11) is -3.43. The molecule has 0 aliphatic carbocycles. The lowest BCUT2D eigenvalue weighted by atomic mass is 9.89. The summed E-state index contributed by atoms with van der Waals surface area (Å²) in [6, 6.07) is 1.51. The first-order valence-electron chi connectivity index (χ1n) is 7.23. The minimum absolute atomic E-state index is 0.176. The molecule has 1 fully saturated rings. The molecule has 0 saturated carbocycles. The molecule has 0 bridgehead atoms. The summed E-state index contributed by atoms with van der Waals surface area (Å²) in [5, 5.41) is 9.03. The lowest BCUT2D eigenvalue weighted by molar-refractivity contribution is 0.277. The summed E-state index contributed by atoms with van der Waals surface area (Å²) in [6.07, 6.45) is 4.40. The van der Waals surface area contributed by atoms with Gasteiger partial charge in [-0.1, -0.05) is 13.8 Å². The molecule has 1 aromatic rings. The normalized spacial score (nSPS) is 22.1. The van der Waals surface area contributed by atoms with Gasteiger partial charge in [0.2, 0.25) is 10.0 Å². The van der Waals surface area contributed by atoms with Crippen LogP contribution in [0.5, 0.6) is 0 Å². The second-order valence-corrected chi connectivity index (χ2v) is 7.80. The third-order valence-corrected chi connectivity index (χ3v) is 6.08. The Balaban J connectivity index is 2.13. The molecule has 114 valence electrons. The predicted molar refractivity (Wildman–Crippen MR) is 77.7 cm³/mol. The quantitative estimate of drug-likeness (QED) is 0.892. The smallest absolute Gasteiger partial charge is 0.244 e. The topological polar surface area (TPSA) is 73.4 Å². The first-order valence-corrected chi connectivity index (χ1v) is 8.67. The number of sulfonamides is 1. The largest absolute Gasteiger partial charge is 0.390 e. The fraction of sp³-hybridized carbons (Fsp3) is 0.714. The highest BCUT2D eigenvalue weighted by Crippen LogP contribution is 2.27. The number of hydrogen-bond acceptors (Lipinski definition) is 3. The van der Waals surface area contributed by atoms with E-state index in [1.54, 1.807) is 4.31 Å². The minimum atomic E-state index is -3.43. The van der Waals surface area contributed by atoms with Gasteiger partial charge in [0.05, 0.1) is 11.5 Å². The van der Waals surface area contributed by atoms with Crippen LogP contribution in [-0.4, -0.2) is 35.9 Å². The van der Waals surface area contributed by atoms with Gasteiger partial charge < -0.3 is 10.1 Å². The minimum Gasteiger partial charge on any atom is -0.390 e. The van der Waals surface area contributed by atoms with Crippen molar-refractivity contribution in [3.63, 3.8) is 0 Å². The van der Waals surface area contributed by atoms with Crippen LogP contribution in [-0.2, 0) is 16.6 Å². The summed E-state index contributed by atoms with van der Waals surface area (Å²) in [4.78, 5) is 3.04. The number of aromatic nitrogens is 1. The molecule has 2 rings (SSSR count). The molecule has 1 aliphatic rings. The van der Waals surface area contributed by atoms with E-state index in [0.717, 1.165) is 19.3 Å². The van der Waals surface area contributed by atoms with E-state index < -0.39 is 10.0 Å². The van der Waals surface area contributed by atoms with Crippen LogP contribution in [0.3, 0.4) is 0 Å². The molecule has 2 N–H and O–H groups in total. The summed E-state index contributed by atoms with van der Waals surface area (Å²) in [6.45, 7) is 5.41. The van der Waals surface area contributed by atoms with Crippen molar-refractivity contribution in [3.8, 4) is 0 Å². The molecule has 1 aliphatic heterocycles. The van der Waals surface area contributed by atoms with Crippen LogP contribution in [0, 0.1) is 11.8 Å². The maximum absolute atomic E-state index is 12.6. The fourth-order valence-electron chi connectivity index (χ4n) is 2.81. The van der Waals surface area contributed by atoms with Crippen molar-refractivity contribution in [3.05, 3.63) is 18.0 Å². The van der Waals surface area contributed by atoms with E-state index >= 15 is 0 Å². The van der Waals surface area contributed by atoms with Crippen molar-refractivity contribution in [1.29, 1.82) is 0 Å². The zero-order valence-electron chi connectivity index (χ0n) is 12.2. The Labute approximate surface area is 121 Å². The van der Waals surface area contributed by atoms with Gasteiger partial charge >= 0.3 is 0 Å². The monoisotopic (exact) mass is 300 g/mol. The molecule has 0 amide bonds. The second-order valence-electron chi connectivity index (χ2n) is 5.86. The third kappa shape index (κ3) is 3.24. The lowest BCUT2D eigenvalue weighted by Crippen LogP contribution is -2.32. The number of nitrogens with one attached hydrogen (secondary N) is 1. The summed E-state index contributed by atoms with van der Waals surface area (Å²) in [5.74, 6) is 1.21. The molecule has 20 heavy (non-hydrogen) atoms. The molecule has 0 aromatic carbocycles. The average molecular weight is 300 g/mol. The number of H-pyrrole nitrogens is 1. The van der Waals surface area contributed by atoms with Crippen LogP contribution < -0.4 is 0 Å². The van der Waals surface area contributed by atoms with Gasteiger partial charge in [0.25, 0.3) is 0 Å². The zero-order chi connectivity index (χ0) is 14.8. The molecule has 1 unspecified atom stereocenters. The number of hydrogen-bond donors (Lipinski definition) is 2. The van der Waals surface area contributed by atoms with E-state index in [9.17, 15) is 8.42 Å². The Morgan fingerprint density at radius 2 is 2.15 bits per heavy atom. The highest BCUT2D eigenvalue weighted by molar-refractivity contribution is 7.89. The first kappa shape index (κ1) is 15.5. The molecule has 6 heteroatoms. The Morgan fingerprint density at radius 3 is 2.75 bits per heavy atom. The fourth-order valence-corrected chi connectivity index (χ4v) is 4.32. The van der Waals surface area contributed by atoms with Crippen LogP contribution in [0.2, 0.25) is 0 Å². The van der Waals surface area contributed by atoms with Crippen LogP contribution in [0.1, 0.15) is 38.8 Å². The van der Waals surface area contributed by atoms with Crippen molar-refractivity contribution in [1.82, 2.24) is 9.29 Å². The number of nitrogens with zero attached hydrogens (tertiary/aromatic N) is 1. The number of aliphatic hydroxyl groups excluding tert-OH is 1. The van der Waals surface area contributed by atoms with Crippen LogP contribution in [0.4, 0.5) is 0 Å². The highest BCUT2D eigenvalue weighted by Gasteiger charge is 2.29. The summed E-state index contributed by atoms with van der Waals surface area (Å²) >= 11 is 0. The lowest BCUT2D eigenvalue weighted by Gasteiger charge is -2.20. The van der Waals surface area contributed by atoms with E-state index in [-0.39, 0.29) is 11.5 Å². The highest BCUT2D eigenvalue weighted by atomic mass is 32.2. The molecule has 1 aromatic heterocycles. The van der Waals surface area contributed by atoms with Crippen LogP contribution in [0.25, 0.3) is 0 Å². The number of aliphatic hydroxyl groups is 1. The Kier molecular flexibility index (Phi) is 4.88. The van der Waals surface area contributed by atoms with Gasteiger partial charge in [-0.3, -0.25) is 0 Å². The summed E-state index contributed by atoms with van der Waals surface area (Å²) < 4.78 is 26.7. The van der Waals surface area contributed by atoms with Gasteiger partial charge in [-0.25, -0.2) is 8.42 Å². The molecule has 2 heterocycles. The van der Waals surface area contributed by atoms with Gasteiger partial charge in [-0.2, -0.15) is 4.31 Å². The van der Waals surface area contributed by atoms with Crippen LogP contribution >= 0.6 is 0 Å². The van der Waals surface area contributed by atoms with Gasteiger partial charge in [0.15, 0.2) is 0 Å². The Hall–Kier alpha value is -0.850. The molecule has 1 saturated heterocycles. The van der Waals surface area contributed by atoms with Gasteiger partial charge in [-0.05, 0) is 37.2 Å². The molecule has 5 nitrogen and oxygen atoms in total. The first-order chi connectivity index (χ1) is 9.45. The van der Waals surface area contributed by atoms with E-state index in [2.05, 4.69) is 18.8 Å². The van der Waals surface area contributed by atoms with Crippen molar-refractivity contribution in [2.45, 2.75) is 44.6 Å². The molecule has 0 spiro atoms.